The average Bonchev–Trinajstić information content (AvgIpc) is 2.56. The molecule has 0 aliphatic rings. The zero-order valence-corrected chi connectivity index (χ0v) is 14.0. The van der Waals surface area contributed by atoms with E-state index in [1.54, 1.807) is 25.1 Å². The maximum Gasteiger partial charge on any atom is 0.416 e. The van der Waals surface area contributed by atoms with Crippen LogP contribution in [0, 0.1) is 6.92 Å². The van der Waals surface area contributed by atoms with Crippen LogP contribution in [0.1, 0.15) is 21.7 Å². The minimum Gasteiger partial charge on any atom is -0.451 e. The quantitative estimate of drug-likeness (QED) is 0.677. The molecule has 0 radical (unpaired) electrons. The fourth-order valence-electron chi connectivity index (χ4n) is 2.36. The van der Waals surface area contributed by atoms with Crippen LogP contribution in [0.2, 0.25) is 5.02 Å². The lowest BCUT2D eigenvalue weighted by Crippen LogP contribution is -2.16. The van der Waals surface area contributed by atoms with Gasteiger partial charge < -0.3 is 9.73 Å². The molecule has 1 aromatic heterocycles. The molecule has 1 N–H and O–H groups in total. The number of fused-ring (bicyclic) bond motifs is 1. The van der Waals surface area contributed by atoms with Gasteiger partial charge in [-0.25, -0.2) is 0 Å². The SMILES string of the molecule is Cc1ccc2oc(C(=O)Nc3cc(C(F)(F)F)ccc3Cl)cc(=O)c2c1. The maximum absolute atomic E-state index is 12.8. The molecule has 0 fully saturated rings. The first kappa shape index (κ1) is 18.0. The second kappa shape index (κ2) is 6.49. The molecule has 0 atom stereocenters. The van der Waals surface area contributed by atoms with Crippen molar-refractivity contribution in [3.05, 3.63) is 74.6 Å². The number of halogens is 4. The van der Waals surface area contributed by atoms with Crippen molar-refractivity contribution in [1.29, 1.82) is 0 Å². The normalized spacial score (nSPS) is 11.6. The Morgan fingerprint density at radius 3 is 2.54 bits per heavy atom. The Balaban J connectivity index is 1.97. The summed E-state index contributed by atoms with van der Waals surface area (Å²) in [5, 5.41) is 2.46. The van der Waals surface area contributed by atoms with Crippen LogP contribution in [0.3, 0.4) is 0 Å². The Labute approximate surface area is 150 Å². The molecule has 0 bridgehead atoms. The summed E-state index contributed by atoms with van der Waals surface area (Å²) in [5.74, 6) is -1.22. The van der Waals surface area contributed by atoms with Gasteiger partial charge >= 0.3 is 6.18 Å². The van der Waals surface area contributed by atoms with E-state index in [-0.39, 0.29) is 22.1 Å². The molecule has 26 heavy (non-hydrogen) atoms. The molecule has 8 heteroatoms. The number of anilines is 1. The number of rotatable bonds is 2. The van der Waals surface area contributed by atoms with Crippen LogP contribution in [0.4, 0.5) is 18.9 Å². The van der Waals surface area contributed by atoms with Gasteiger partial charge in [-0.3, -0.25) is 9.59 Å². The van der Waals surface area contributed by atoms with E-state index in [1.807, 2.05) is 0 Å². The fraction of sp³-hybridized carbons (Fsp3) is 0.111. The number of hydrogen-bond acceptors (Lipinski definition) is 3. The molecular weight excluding hydrogens is 371 g/mol. The van der Waals surface area contributed by atoms with Gasteiger partial charge in [0.2, 0.25) is 0 Å². The second-order valence-electron chi connectivity index (χ2n) is 5.62. The van der Waals surface area contributed by atoms with Crippen LogP contribution >= 0.6 is 11.6 Å². The molecule has 1 amide bonds. The summed E-state index contributed by atoms with van der Waals surface area (Å²) in [6.45, 7) is 1.80. The van der Waals surface area contributed by atoms with Gasteiger partial charge in [0.05, 0.1) is 21.7 Å². The number of carbonyl (C=O) groups excluding carboxylic acids is 1. The standard InChI is InChI=1S/C18H11ClF3NO3/c1-9-2-5-15-11(6-9)14(24)8-16(26-15)17(25)23-13-7-10(18(20,21)22)3-4-12(13)19/h2-8H,1H3,(H,23,25). The first-order valence-corrected chi connectivity index (χ1v) is 7.75. The number of aryl methyl sites for hydroxylation is 1. The van der Waals surface area contributed by atoms with E-state index in [0.29, 0.717) is 11.5 Å². The van der Waals surface area contributed by atoms with Gasteiger partial charge in [0.25, 0.3) is 5.91 Å². The molecule has 0 aliphatic heterocycles. The lowest BCUT2D eigenvalue weighted by molar-refractivity contribution is -0.137. The molecule has 0 saturated heterocycles. The monoisotopic (exact) mass is 381 g/mol. The van der Waals surface area contributed by atoms with Crippen LogP contribution in [0.25, 0.3) is 11.0 Å². The lowest BCUT2D eigenvalue weighted by Gasteiger charge is -2.11. The van der Waals surface area contributed by atoms with E-state index in [4.69, 9.17) is 16.0 Å². The number of alkyl halides is 3. The second-order valence-corrected chi connectivity index (χ2v) is 6.03. The van der Waals surface area contributed by atoms with Crippen molar-refractivity contribution in [3.63, 3.8) is 0 Å². The van der Waals surface area contributed by atoms with Crippen LogP contribution in [0.5, 0.6) is 0 Å². The maximum atomic E-state index is 12.8. The van der Waals surface area contributed by atoms with E-state index in [1.165, 1.54) is 0 Å². The van der Waals surface area contributed by atoms with Crippen molar-refractivity contribution in [1.82, 2.24) is 0 Å². The summed E-state index contributed by atoms with van der Waals surface area (Å²) >= 11 is 5.85. The molecule has 134 valence electrons. The summed E-state index contributed by atoms with van der Waals surface area (Å²) < 4.78 is 43.8. The molecule has 0 saturated carbocycles. The molecule has 0 spiro atoms. The average molecular weight is 382 g/mol. The van der Waals surface area contributed by atoms with E-state index in [0.717, 1.165) is 23.8 Å². The topological polar surface area (TPSA) is 59.3 Å². The molecule has 3 rings (SSSR count). The van der Waals surface area contributed by atoms with Gasteiger partial charge in [-0.1, -0.05) is 23.2 Å². The third-order valence-corrected chi connectivity index (χ3v) is 3.98. The Bertz CT molecular complexity index is 1070. The van der Waals surface area contributed by atoms with Gasteiger partial charge in [-0.05, 0) is 37.3 Å². The molecule has 0 unspecified atom stereocenters. The highest BCUT2D eigenvalue weighted by molar-refractivity contribution is 6.33. The minimum atomic E-state index is -4.59. The van der Waals surface area contributed by atoms with Crippen molar-refractivity contribution in [2.75, 3.05) is 5.32 Å². The highest BCUT2D eigenvalue weighted by atomic mass is 35.5. The first-order chi connectivity index (χ1) is 12.1. The van der Waals surface area contributed by atoms with Gasteiger partial charge in [-0.2, -0.15) is 13.2 Å². The molecule has 4 nitrogen and oxygen atoms in total. The lowest BCUT2D eigenvalue weighted by atomic mass is 10.1. The van der Waals surface area contributed by atoms with E-state index in [9.17, 15) is 22.8 Å². The van der Waals surface area contributed by atoms with Crippen molar-refractivity contribution in [3.8, 4) is 0 Å². The van der Waals surface area contributed by atoms with Crippen LogP contribution in [0.15, 0.2) is 51.7 Å². The van der Waals surface area contributed by atoms with Crippen molar-refractivity contribution in [2.45, 2.75) is 13.1 Å². The summed E-state index contributed by atoms with van der Waals surface area (Å²) in [4.78, 5) is 24.5. The number of amides is 1. The van der Waals surface area contributed by atoms with Crippen molar-refractivity contribution in [2.24, 2.45) is 0 Å². The molecule has 3 aromatic rings. The van der Waals surface area contributed by atoms with E-state index < -0.39 is 23.1 Å². The van der Waals surface area contributed by atoms with Crippen molar-refractivity contribution < 1.29 is 22.4 Å². The summed E-state index contributed by atoms with van der Waals surface area (Å²) in [6.07, 6.45) is -4.59. The van der Waals surface area contributed by atoms with Gasteiger partial charge in [0, 0.05) is 6.07 Å². The van der Waals surface area contributed by atoms with E-state index in [2.05, 4.69) is 5.32 Å². The zero-order chi connectivity index (χ0) is 19.1. The Kier molecular flexibility index (Phi) is 4.50. The first-order valence-electron chi connectivity index (χ1n) is 7.38. The van der Waals surface area contributed by atoms with Gasteiger partial charge in [0.15, 0.2) is 11.2 Å². The Hall–Kier alpha value is -2.80. The minimum absolute atomic E-state index is 0.0786. The molecule has 2 aromatic carbocycles. The zero-order valence-electron chi connectivity index (χ0n) is 13.3. The summed E-state index contributed by atoms with van der Waals surface area (Å²) in [7, 11) is 0. The predicted molar refractivity (Wildman–Crippen MR) is 91.6 cm³/mol. The number of hydrogen-bond donors (Lipinski definition) is 1. The number of benzene rings is 2. The third-order valence-electron chi connectivity index (χ3n) is 3.65. The highest BCUT2D eigenvalue weighted by Gasteiger charge is 2.31. The smallest absolute Gasteiger partial charge is 0.416 e. The summed E-state index contributed by atoms with van der Waals surface area (Å²) in [5.41, 5.74) is -0.595. The summed E-state index contributed by atoms with van der Waals surface area (Å²) in [6, 6.07) is 8.39. The van der Waals surface area contributed by atoms with Crippen LogP contribution in [-0.4, -0.2) is 5.91 Å². The van der Waals surface area contributed by atoms with Crippen molar-refractivity contribution >= 4 is 34.2 Å². The Morgan fingerprint density at radius 2 is 1.85 bits per heavy atom. The van der Waals surface area contributed by atoms with Gasteiger partial charge in [-0.15, -0.1) is 0 Å². The molecule has 1 heterocycles. The number of carbonyl (C=O) groups is 1. The molecule has 0 aliphatic carbocycles. The highest BCUT2D eigenvalue weighted by Crippen LogP contribution is 2.34. The van der Waals surface area contributed by atoms with E-state index >= 15 is 0 Å². The fourth-order valence-corrected chi connectivity index (χ4v) is 2.53. The third kappa shape index (κ3) is 3.57. The molecular formula is C18H11ClF3NO3. The van der Waals surface area contributed by atoms with Crippen LogP contribution < -0.4 is 10.7 Å². The van der Waals surface area contributed by atoms with Crippen LogP contribution in [-0.2, 0) is 6.18 Å². The van der Waals surface area contributed by atoms with Gasteiger partial charge in [0.1, 0.15) is 5.58 Å². The largest absolute Gasteiger partial charge is 0.451 e. The number of nitrogens with one attached hydrogen (secondary N) is 1. The predicted octanol–water partition coefficient (Wildman–Crippen LogP) is 5.03. The Morgan fingerprint density at radius 1 is 1.12 bits per heavy atom.